The van der Waals surface area contributed by atoms with E-state index in [1.165, 1.54) is 11.1 Å². The number of fused-ring (bicyclic) bond motifs is 6. The third-order valence-corrected chi connectivity index (χ3v) is 6.76. The lowest BCUT2D eigenvalue weighted by atomic mass is 9.86. The Morgan fingerprint density at radius 1 is 0.930 bits per heavy atom. The van der Waals surface area contributed by atoms with Crippen LogP contribution in [0.25, 0.3) is 0 Å². The average Bonchev–Trinajstić information content (AvgIpc) is 2.94. The van der Waals surface area contributed by atoms with E-state index in [-0.39, 0.29) is 11.3 Å². The molecule has 0 unspecified atom stereocenters. The van der Waals surface area contributed by atoms with E-state index in [1.54, 1.807) is 6.20 Å². The second kappa shape index (κ2) is 12.7. The smallest absolute Gasteiger partial charge is 0.475 e. The van der Waals surface area contributed by atoms with Gasteiger partial charge < -0.3 is 21.1 Å². The van der Waals surface area contributed by atoms with Gasteiger partial charge in [0.2, 0.25) is 5.95 Å². The summed E-state index contributed by atoms with van der Waals surface area (Å²) < 4.78 is 31.7. The highest BCUT2D eigenvalue weighted by molar-refractivity contribution is 6.32. The van der Waals surface area contributed by atoms with Crippen LogP contribution in [0.1, 0.15) is 47.8 Å². The van der Waals surface area contributed by atoms with Crippen LogP contribution in [-0.2, 0) is 23.1 Å². The molecule has 0 saturated carbocycles. The summed E-state index contributed by atoms with van der Waals surface area (Å²) in [6.07, 6.45) is -1.96. The van der Waals surface area contributed by atoms with Gasteiger partial charge >= 0.3 is 12.1 Å². The van der Waals surface area contributed by atoms with Crippen LogP contribution in [-0.4, -0.2) is 33.1 Å². The zero-order valence-corrected chi connectivity index (χ0v) is 24.3. The van der Waals surface area contributed by atoms with E-state index in [2.05, 4.69) is 58.8 Å². The molecule has 1 aliphatic rings. The summed E-state index contributed by atoms with van der Waals surface area (Å²) in [5.41, 5.74) is 6.55. The number of benzene rings is 3. The summed E-state index contributed by atoms with van der Waals surface area (Å²) in [4.78, 5) is 30.8. The van der Waals surface area contributed by atoms with Crippen LogP contribution in [0.3, 0.4) is 0 Å². The van der Waals surface area contributed by atoms with Crippen molar-refractivity contribution in [3.8, 4) is 0 Å². The quantitative estimate of drug-likeness (QED) is 0.182. The molecular weight excluding hydrogens is 583 g/mol. The number of carbonyl (C=O) groups excluding carboxylic acids is 1. The van der Waals surface area contributed by atoms with Gasteiger partial charge in [-0.3, -0.25) is 4.79 Å². The third-order valence-electron chi connectivity index (χ3n) is 6.48. The van der Waals surface area contributed by atoms with Gasteiger partial charge in [0, 0.05) is 22.6 Å². The molecule has 6 bridgehead atoms. The van der Waals surface area contributed by atoms with Crippen molar-refractivity contribution in [3.05, 3.63) is 100 Å². The van der Waals surface area contributed by atoms with Crippen LogP contribution in [0.5, 0.6) is 0 Å². The highest BCUT2D eigenvalue weighted by Gasteiger charge is 2.38. The summed E-state index contributed by atoms with van der Waals surface area (Å²) in [5.74, 6) is -1.93. The molecule has 0 radical (unpaired) electrons. The maximum atomic E-state index is 13.1. The monoisotopic (exact) mass is 611 g/mol. The van der Waals surface area contributed by atoms with Crippen molar-refractivity contribution in [1.29, 1.82) is 0 Å². The number of nitrogens with one attached hydrogen (secondary N) is 3. The van der Waals surface area contributed by atoms with Crippen LogP contribution < -0.4 is 16.0 Å². The van der Waals surface area contributed by atoms with Crippen LogP contribution in [0.2, 0.25) is 5.02 Å². The van der Waals surface area contributed by atoms with Crippen molar-refractivity contribution in [2.24, 2.45) is 0 Å². The molecule has 224 valence electrons. The Bertz CT molecular complexity index is 1640. The first kappa shape index (κ1) is 31.3. The lowest BCUT2D eigenvalue weighted by molar-refractivity contribution is -0.192. The molecule has 5 rings (SSSR count). The minimum Gasteiger partial charge on any atom is -0.475 e. The minimum absolute atomic E-state index is 0.0343. The van der Waals surface area contributed by atoms with Crippen molar-refractivity contribution < 1.29 is 27.9 Å². The molecular formula is C31H29ClF3N5O3. The number of carboxylic acids is 1. The van der Waals surface area contributed by atoms with E-state index in [4.69, 9.17) is 21.5 Å². The summed E-state index contributed by atoms with van der Waals surface area (Å²) in [7, 11) is 0. The fourth-order valence-electron chi connectivity index (χ4n) is 4.18. The summed E-state index contributed by atoms with van der Waals surface area (Å²) in [6, 6.07) is 21.8. The summed E-state index contributed by atoms with van der Waals surface area (Å²) in [5, 5.41) is 17.2. The highest BCUT2D eigenvalue weighted by Crippen LogP contribution is 2.30. The maximum absolute atomic E-state index is 13.1. The SMILES string of the molecule is CC(C)(C)c1ccc(C(=O)Nc2ccc3cc2CCc2cccc(c2)Nc2ncc(Cl)c(n2)N3)cc1.O=C(O)C(F)(F)F. The maximum Gasteiger partial charge on any atom is 0.490 e. The van der Waals surface area contributed by atoms with Crippen molar-refractivity contribution in [1.82, 2.24) is 9.97 Å². The number of aliphatic carboxylic acids is 1. The molecule has 4 N–H and O–H groups in total. The molecule has 12 heteroatoms. The average molecular weight is 612 g/mol. The molecule has 0 aliphatic carbocycles. The number of anilines is 5. The van der Waals surface area contributed by atoms with Gasteiger partial charge in [0.25, 0.3) is 5.91 Å². The van der Waals surface area contributed by atoms with E-state index in [9.17, 15) is 18.0 Å². The second-order valence-corrected chi connectivity index (χ2v) is 11.2. The van der Waals surface area contributed by atoms with Crippen LogP contribution in [0.4, 0.5) is 42.0 Å². The molecule has 0 atom stereocenters. The van der Waals surface area contributed by atoms with Crippen LogP contribution in [0.15, 0.2) is 72.9 Å². The van der Waals surface area contributed by atoms with Gasteiger partial charge in [0.05, 0.1) is 6.20 Å². The van der Waals surface area contributed by atoms with Gasteiger partial charge in [-0.1, -0.05) is 56.6 Å². The third kappa shape index (κ3) is 8.45. The van der Waals surface area contributed by atoms with Crippen molar-refractivity contribution in [2.75, 3.05) is 16.0 Å². The van der Waals surface area contributed by atoms with Crippen molar-refractivity contribution >= 4 is 52.3 Å². The number of amides is 1. The second-order valence-electron chi connectivity index (χ2n) is 10.8. The Morgan fingerprint density at radius 2 is 1.60 bits per heavy atom. The van der Waals surface area contributed by atoms with E-state index in [1.807, 2.05) is 54.6 Å². The molecule has 0 fully saturated rings. The molecule has 0 spiro atoms. The van der Waals surface area contributed by atoms with E-state index in [0.29, 0.717) is 22.4 Å². The fraction of sp³-hybridized carbons (Fsp3) is 0.226. The topological polar surface area (TPSA) is 116 Å². The first-order valence-corrected chi connectivity index (χ1v) is 13.6. The van der Waals surface area contributed by atoms with Crippen molar-refractivity contribution in [2.45, 2.75) is 45.2 Å². The van der Waals surface area contributed by atoms with Gasteiger partial charge in [-0.05, 0) is 77.4 Å². The predicted octanol–water partition coefficient (Wildman–Crippen LogP) is 7.90. The Labute approximate surface area is 251 Å². The van der Waals surface area contributed by atoms with Gasteiger partial charge in [-0.15, -0.1) is 0 Å². The lowest BCUT2D eigenvalue weighted by Gasteiger charge is -2.19. The minimum atomic E-state index is -5.08. The number of carbonyl (C=O) groups is 2. The predicted molar refractivity (Wildman–Crippen MR) is 161 cm³/mol. The summed E-state index contributed by atoms with van der Waals surface area (Å²) >= 11 is 6.37. The van der Waals surface area contributed by atoms with Gasteiger partial charge in [0.1, 0.15) is 5.02 Å². The Morgan fingerprint density at radius 3 is 2.26 bits per heavy atom. The molecule has 1 aliphatic heterocycles. The van der Waals surface area contributed by atoms with Crippen molar-refractivity contribution in [3.63, 3.8) is 0 Å². The molecule has 8 nitrogen and oxygen atoms in total. The normalized spacial score (nSPS) is 12.5. The first-order chi connectivity index (χ1) is 20.2. The first-order valence-electron chi connectivity index (χ1n) is 13.2. The van der Waals surface area contributed by atoms with Crippen LogP contribution in [0, 0.1) is 0 Å². The van der Waals surface area contributed by atoms with Gasteiger partial charge in [-0.2, -0.15) is 18.2 Å². The number of alkyl halides is 3. The van der Waals surface area contributed by atoms with E-state index < -0.39 is 12.1 Å². The molecule has 43 heavy (non-hydrogen) atoms. The Hall–Kier alpha value is -4.64. The number of aromatic nitrogens is 2. The fourth-order valence-corrected chi connectivity index (χ4v) is 4.32. The number of nitrogens with zero attached hydrogens (tertiary/aromatic N) is 2. The number of aryl methyl sites for hydroxylation is 2. The molecule has 2 heterocycles. The highest BCUT2D eigenvalue weighted by atomic mass is 35.5. The Kier molecular flexibility index (Phi) is 9.24. The van der Waals surface area contributed by atoms with E-state index >= 15 is 0 Å². The number of halogens is 4. The molecule has 3 aromatic carbocycles. The Balaban J connectivity index is 0.000000541. The van der Waals surface area contributed by atoms with Gasteiger partial charge in [-0.25, -0.2) is 9.78 Å². The number of hydrogen-bond donors (Lipinski definition) is 4. The number of carboxylic acid groups (broad SMARTS) is 1. The number of rotatable bonds is 2. The lowest BCUT2D eigenvalue weighted by Crippen LogP contribution is -2.21. The zero-order valence-electron chi connectivity index (χ0n) is 23.5. The molecule has 1 aromatic heterocycles. The van der Waals surface area contributed by atoms with Gasteiger partial charge in [0.15, 0.2) is 5.82 Å². The molecule has 1 amide bonds. The molecule has 0 saturated heterocycles. The molecule has 4 aromatic rings. The summed E-state index contributed by atoms with van der Waals surface area (Å²) in [6.45, 7) is 6.48. The van der Waals surface area contributed by atoms with E-state index in [0.717, 1.165) is 35.5 Å². The largest absolute Gasteiger partial charge is 0.490 e. The zero-order chi connectivity index (χ0) is 31.4. The number of hydrogen-bond acceptors (Lipinski definition) is 6. The standard InChI is InChI=1S/C29H28ClN5O.C2HF3O2/c1-29(2,3)21-11-9-19(10-12-21)27(36)34-25-14-13-23-16-20(25)8-7-18-5-4-6-22(15-18)33-28-31-17-24(30)26(32-23)35-28;3-2(4,5)1(6)7/h4-6,9-17H,7-8H2,1-3H3,(H,34,36)(H2,31,32,33,35);(H,6,7). The van der Waals surface area contributed by atoms with Crippen LogP contribution >= 0.6 is 11.6 Å².